The molecule has 1 unspecified atom stereocenters. The molecule has 1 saturated heterocycles. The van der Waals surface area contributed by atoms with Gasteiger partial charge >= 0.3 is 0 Å². The lowest BCUT2D eigenvalue weighted by atomic mass is 10.1. The molecule has 1 aliphatic rings. The van der Waals surface area contributed by atoms with Crippen molar-refractivity contribution in [3.05, 3.63) is 30.1 Å². The highest BCUT2D eigenvalue weighted by Crippen LogP contribution is 2.18. The van der Waals surface area contributed by atoms with Crippen LogP contribution in [0.15, 0.2) is 24.3 Å². The largest absolute Gasteiger partial charge is 0.327 e. The standard InChI is InChI=1S/C16H20N4/c17-10-9-16-19-14-7-1-2-8-15(14)20(16)12-4-6-13-5-3-11-18-13/h1-2,7-8,13,18H,3-6,9,11-12H2. The van der Waals surface area contributed by atoms with Gasteiger partial charge in [0.15, 0.2) is 0 Å². The van der Waals surface area contributed by atoms with Crippen molar-refractivity contribution in [3.63, 3.8) is 0 Å². The first-order valence-electron chi connectivity index (χ1n) is 7.43. The normalized spacial score (nSPS) is 18.4. The van der Waals surface area contributed by atoms with Crippen molar-refractivity contribution in [1.29, 1.82) is 5.26 Å². The SMILES string of the molecule is N#CCc1nc2ccccc2n1CCCC1CCCN1. The highest BCUT2D eigenvalue weighted by Gasteiger charge is 2.14. The Morgan fingerprint density at radius 3 is 3.10 bits per heavy atom. The van der Waals surface area contributed by atoms with E-state index >= 15 is 0 Å². The molecule has 0 spiro atoms. The Balaban J connectivity index is 1.74. The first-order chi connectivity index (χ1) is 9.88. The lowest BCUT2D eigenvalue weighted by molar-refractivity contribution is 0.502. The summed E-state index contributed by atoms with van der Waals surface area (Å²) >= 11 is 0. The first kappa shape index (κ1) is 13.1. The minimum atomic E-state index is 0.385. The zero-order valence-corrected chi connectivity index (χ0v) is 11.7. The molecule has 4 nitrogen and oxygen atoms in total. The summed E-state index contributed by atoms with van der Waals surface area (Å²) in [6, 6.07) is 11.1. The number of imidazole rings is 1. The Kier molecular flexibility index (Phi) is 3.98. The third kappa shape index (κ3) is 2.68. The molecule has 0 saturated carbocycles. The number of para-hydroxylation sites is 2. The summed E-state index contributed by atoms with van der Waals surface area (Å²) < 4.78 is 2.22. The van der Waals surface area contributed by atoms with E-state index in [2.05, 4.69) is 27.0 Å². The van der Waals surface area contributed by atoms with Crippen molar-refractivity contribution >= 4 is 11.0 Å². The van der Waals surface area contributed by atoms with E-state index in [-0.39, 0.29) is 0 Å². The maximum absolute atomic E-state index is 8.95. The molecular weight excluding hydrogens is 248 g/mol. The van der Waals surface area contributed by atoms with E-state index in [1.807, 2.05) is 18.2 Å². The molecule has 1 aliphatic heterocycles. The van der Waals surface area contributed by atoms with Crippen molar-refractivity contribution in [3.8, 4) is 6.07 Å². The van der Waals surface area contributed by atoms with Gasteiger partial charge in [-0.1, -0.05) is 12.1 Å². The summed E-state index contributed by atoms with van der Waals surface area (Å²) in [7, 11) is 0. The highest BCUT2D eigenvalue weighted by molar-refractivity contribution is 5.75. The van der Waals surface area contributed by atoms with Gasteiger partial charge in [-0.2, -0.15) is 5.26 Å². The maximum atomic E-state index is 8.95. The fraction of sp³-hybridized carbons (Fsp3) is 0.500. The fourth-order valence-electron chi connectivity index (χ4n) is 3.08. The van der Waals surface area contributed by atoms with Gasteiger partial charge in [-0.25, -0.2) is 4.98 Å². The number of fused-ring (bicyclic) bond motifs is 1. The van der Waals surface area contributed by atoms with Crippen LogP contribution in [0, 0.1) is 11.3 Å². The van der Waals surface area contributed by atoms with Gasteiger partial charge in [0.2, 0.25) is 0 Å². The van der Waals surface area contributed by atoms with Crippen LogP contribution in [0.5, 0.6) is 0 Å². The molecule has 104 valence electrons. The van der Waals surface area contributed by atoms with Crippen LogP contribution in [0.1, 0.15) is 31.5 Å². The number of nitrogens with one attached hydrogen (secondary N) is 1. The summed E-state index contributed by atoms with van der Waals surface area (Å²) in [4.78, 5) is 4.58. The summed E-state index contributed by atoms with van der Waals surface area (Å²) in [6.45, 7) is 2.12. The van der Waals surface area contributed by atoms with Crippen molar-refractivity contribution < 1.29 is 0 Å². The number of nitriles is 1. The van der Waals surface area contributed by atoms with Gasteiger partial charge in [0.1, 0.15) is 5.82 Å². The summed E-state index contributed by atoms with van der Waals surface area (Å²) in [5.74, 6) is 0.896. The minimum absolute atomic E-state index is 0.385. The number of hydrogen-bond donors (Lipinski definition) is 1. The fourth-order valence-corrected chi connectivity index (χ4v) is 3.08. The third-order valence-electron chi connectivity index (χ3n) is 4.07. The molecule has 2 heterocycles. The maximum Gasteiger partial charge on any atom is 0.124 e. The number of hydrogen-bond acceptors (Lipinski definition) is 3. The predicted molar refractivity (Wildman–Crippen MR) is 79.3 cm³/mol. The Morgan fingerprint density at radius 2 is 2.30 bits per heavy atom. The average Bonchev–Trinajstić information content (AvgIpc) is 3.08. The topological polar surface area (TPSA) is 53.6 Å². The van der Waals surface area contributed by atoms with Crippen LogP contribution in [-0.2, 0) is 13.0 Å². The second kappa shape index (κ2) is 6.06. The van der Waals surface area contributed by atoms with Crippen molar-refractivity contribution in [2.24, 2.45) is 0 Å². The van der Waals surface area contributed by atoms with E-state index < -0.39 is 0 Å². The number of benzene rings is 1. The molecule has 0 aliphatic carbocycles. The zero-order valence-electron chi connectivity index (χ0n) is 11.7. The molecule has 3 rings (SSSR count). The van der Waals surface area contributed by atoms with Gasteiger partial charge in [-0.15, -0.1) is 0 Å². The molecule has 1 aromatic heterocycles. The van der Waals surface area contributed by atoms with E-state index in [9.17, 15) is 0 Å². The number of rotatable bonds is 5. The molecule has 1 N–H and O–H groups in total. The molecule has 2 aromatic rings. The molecular formula is C16H20N4. The van der Waals surface area contributed by atoms with Gasteiger partial charge in [0, 0.05) is 12.6 Å². The van der Waals surface area contributed by atoms with Gasteiger partial charge in [-0.05, 0) is 44.4 Å². The monoisotopic (exact) mass is 268 g/mol. The molecule has 1 atom stereocenters. The molecule has 0 amide bonds. The van der Waals surface area contributed by atoms with Crippen molar-refractivity contribution in [1.82, 2.24) is 14.9 Å². The second-order valence-corrected chi connectivity index (χ2v) is 5.44. The van der Waals surface area contributed by atoms with Crippen molar-refractivity contribution in [2.75, 3.05) is 6.54 Å². The van der Waals surface area contributed by atoms with Crippen LogP contribution in [0.3, 0.4) is 0 Å². The lowest BCUT2D eigenvalue weighted by Gasteiger charge is -2.11. The molecule has 20 heavy (non-hydrogen) atoms. The number of aromatic nitrogens is 2. The first-order valence-corrected chi connectivity index (χ1v) is 7.43. The van der Waals surface area contributed by atoms with Crippen LogP contribution >= 0.6 is 0 Å². The van der Waals surface area contributed by atoms with E-state index in [0.717, 1.165) is 29.8 Å². The Morgan fingerprint density at radius 1 is 1.40 bits per heavy atom. The minimum Gasteiger partial charge on any atom is -0.327 e. The molecule has 1 aromatic carbocycles. The van der Waals surface area contributed by atoms with Crippen molar-refractivity contribution in [2.45, 2.75) is 44.7 Å². The Bertz CT molecular complexity index is 617. The number of nitrogens with zero attached hydrogens (tertiary/aromatic N) is 3. The van der Waals surface area contributed by atoms with Crippen LogP contribution in [0.2, 0.25) is 0 Å². The van der Waals surface area contributed by atoms with Crippen LogP contribution in [0.25, 0.3) is 11.0 Å². The molecule has 4 heteroatoms. The summed E-state index contributed by atoms with van der Waals surface area (Å²) in [5, 5.41) is 12.5. The second-order valence-electron chi connectivity index (χ2n) is 5.44. The molecule has 0 bridgehead atoms. The zero-order chi connectivity index (χ0) is 13.8. The van der Waals surface area contributed by atoms with E-state index in [1.165, 1.54) is 25.8 Å². The molecule has 0 radical (unpaired) electrons. The van der Waals surface area contributed by atoms with Crippen LogP contribution in [-0.4, -0.2) is 22.1 Å². The third-order valence-corrected chi connectivity index (χ3v) is 4.07. The van der Waals surface area contributed by atoms with E-state index in [0.29, 0.717) is 12.5 Å². The average molecular weight is 268 g/mol. The van der Waals surface area contributed by atoms with Gasteiger partial charge in [0.05, 0.1) is 23.5 Å². The van der Waals surface area contributed by atoms with Crippen LogP contribution < -0.4 is 5.32 Å². The predicted octanol–water partition coefficient (Wildman–Crippen LogP) is 2.63. The highest BCUT2D eigenvalue weighted by atomic mass is 15.1. The van der Waals surface area contributed by atoms with Gasteiger partial charge in [-0.3, -0.25) is 0 Å². The Labute approximate surface area is 119 Å². The Hall–Kier alpha value is -1.86. The summed E-state index contributed by atoms with van der Waals surface area (Å²) in [5.41, 5.74) is 2.15. The van der Waals surface area contributed by atoms with Crippen LogP contribution in [0.4, 0.5) is 0 Å². The van der Waals surface area contributed by atoms with E-state index in [4.69, 9.17) is 5.26 Å². The molecule has 1 fully saturated rings. The smallest absolute Gasteiger partial charge is 0.124 e. The van der Waals surface area contributed by atoms with Gasteiger partial charge < -0.3 is 9.88 Å². The van der Waals surface area contributed by atoms with Gasteiger partial charge in [0.25, 0.3) is 0 Å². The van der Waals surface area contributed by atoms with E-state index in [1.54, 1.807) is 0 Å². The quantitative estimate of drug-likeness (QED) is 0.907. The number of aryl methyl sites for hydroxylation is 1. The summed E-state index contributed by atoms with van der Waals surface area (Å²) in [6.07, 6.45) is 5.33. The lowest BCUT2D eigenvalue weighted by Crippen LogP contribution is -2.21.